The van der Waals surface area contributed by atoms with Gasteiger partial charge in [0.05, 0.1) is 11.4 Å². The van der Waals surface area contributed by atoms with Crippen LogP contribution < -0.4 is 4.72 Å². The second-order valence-electron chi connectivity index (χ2n) is 4.11. The molecular formula is C11H15F2NO3S. The molecule has 1 rings (SSSR count). The van der Waals surface area contributed by atoms with E-state index in [-0.39, 0.29) is 4.90 Å². The molecule has 0 aliphatic heterocycles. The molecule has 0 bridgehead atoms. The minimum atomic E-state index is -3.99. The first kappa shape index (κ1) is 15.0. The first-order chi connectivity index (χ1) is 8.18. The van der Waals surface area contributed by atoms with E-state index in [4.69, 9.17) is 5.11 Å². The Labute approximate surface area is 105 Å². The lowest BCUT2D eigenvalue weighted by Crippen LogP contribution is -2.39. The molecule has 0 unspecified atom stereocenters. The quantitative estimate of drug-likeness (QED) is 0.851. The topological polar surface area (TPSA) is 66.4 Å². The van der Waals surface area contributed by atoms with Crippen LogP contribution >= 0.6 is 0 Å². The molecule has 102 valence electrons. The lowest BCUT2D eigenvalue weighted by molar-refractivity contribution is -0.0437. The van der Waals surface area contributed by atoms with Crippen LogP contribution in [0, 0.1) is 13.8 Å². The molecular weight excluding hydrogens is 264 g/mol. The molecule has 0 saturated carbocycles. The van der Waals surface area contributed by atoms with Gasteiger partial charge in [-0.25, -0.2) is 21.9 Å². The van der Waals surface area contributed by atoms with E-state index in [1.807, 2.05) is 0 Å². The van der Waals surface area contributed by atoms with E-state index >= 15 is 0 Å². The first-order valence-electron chi connectivity index (χ1n) is 5.23. The molecule has 0 heterocycles. The molecule has 0 fully saturated rings. The zero-order chi connectivity index (χ0) is 14.0. The van der Waals surface area contributed by atoms with Crippen LogP contribution in [0.2, 0.25) is 0 Å². The van der Waals surface area contributed by atoms with Gasteiger partial charge in [0.25, 0.3) is 5.92 Å². The van der Waals surface area contributed by atoms with Gasteiger partial charge in [0, 0.05) is 0 Å². The Morgan fingerprint density at radius 3 is 2.44 bits per heavy atom. The highest BCUT2D eigenvalue weighted by Crippen LogP contribution is 2.17. The maximum Gasteiger partial charge on any atom is 0.283 e. The van der Waals surface area contributed by atoms with Gasteiger partial charge < -0.3 is 5.11 Å². The Bertz CT molecular complexity index is 529. The van der Waals surface area contributed by atoms with E-state index < -0.39 is 29.1 Å². The summed E-state index contributed by atoms with van der Waals surface area (Å²) in [4.78, 5) is -0.0400. The third-order valence-corrected chi connectivity index (χ3v) is 3.93. The second-order valence-corrected chi connectivity index (χ2v) is 5.84. The number of nitrogens with one attached hydrogen (secondary N) is 1. The minimum absolute atomic E-state index is 0.0400. The molecule has 0 atom stereocenters. The van der Waals surface area contributed by atoms with E-state index in [0.717, 1.165) is 5.56 Å². The molecule has 0 aliphatic carbocycles. The molecule has 0 aromatic heterocycles. The Morgan fingerprint density at radius 1 is 1.33 bits per heavy atom. The van der Waals surface area contributed by atoms with Crippen molar-refractivity contribution in [2.45, 2.75) is 24.7 Å². The number of aliphatic hydroxyl groups excluding tert-OH is 1. The lowest BCUT2D eigenvalue weighted by Gasteiger charge is -2.15. The van der Waals surface area contributed by atoms with Crippen LogP contribution in [-0.4, -0.2) is 32.6 Å². The van der Waals surface area contributed by atoms with Gasteiger partial charge in [-0.15, -0.1) is 0 Å². The van der Waals surface area contributed by atoms with Crippen molar-refractivity contribution in [1.82, 2.24) is 4.72 Å². The SMILES string of the molecule is Cc1ccc(S(=O)(=O)NCC(F)(F)CO)c(C)c1. The molecule has 0 amide bonds. The average molecular weight is 279 g/mol. The third kappa shape index (κ3) is 3.72. The summed E-state index contributed by atoms with van der Waals surface area (Å²) in [5.41, 5.74) is 1.36. The van der Waals surface area contributed by atoms with Crippen molar-refractivity contribution in [2.75, 3.05) is 13.2 Å². The van der Waals surface area contributed by atoms with Crippen molar-refractivity contribution < 1.29 is 22.3 Å². The highest BCUT2D eigenvalue weighted by Gasteiger charge is 2.30. The molecule has 18 heavy (non-hydrogen) atoms. The number of aliphatic hydroxyl groups is 1. The van der Waals surface area contributed by atoms with Crippen molar-refractivity contribution in [3.05, 3.63) is 29.3 Å². The summed E-state index contributed by atoms with van der Waals surface area (Å²) in [6.45, 7) is 0.865. The van der Waals surface area contributed by atoms with Crippen molar-refractivity contribution in [1.29, 1.82) is 0 Å². The number of benzene rings is 1. The Kier molecular flexibility index (Phi) is 4.41. The summed E-state index contributed by atoms with van der Waals surface area (Å²) in [5, 5.41) is 8.37. The summed E-state index contributed by atoms with van der Waals surface area (Å²) in [6, 6.07) is 4.61. The van der Waals surface area contributed by atoms with Gasteiger partial charge in [-0.1, -0.05) is 17.7 Å². The summed E-state index contributed by atoms with van der Waals surface area (Å²) < 4.78 is 51.0. The Hall–Kier alpha value is -1.05. The maximum atomic E-state index is 12.8. The molecule has 2 N–H and O–H groups in total. The average Bonchev–Trinajstić information content (AvgIpc) is 2.26. The molecule has 1 aromatic carbocycles. The highest BCUT2D eigenvalue weighted by molar-refractivity contribution is 7.89. The monoisotopic (exact) mass is 279 g/mol. The molecule has 1 aromatic rings. The predicted octanol–water partition coefficient (Wildman–Crippen LogP) is 1.21. The summed E-state index contributed by atoms with van der Waals surface area (Å²) >= 11 is 0. The van der Waals surface area contributed by atoms with Crippen LogP contribution in [0.4, 0.5) is 8.78 Å². The number of hydrogen-bond donors (Lipinski definition) is 2. The van der Waals surface area contributed by atoms with E-state index in [0.29, 0.717) is 5.56 Å². The Balaban J connectivity index is 2.94. The fourth-order valence-corrected chi connectivity index (χ4v) is 2.72. The van der Waals surface area contributed by atoms with Crippen molar-refractivity contribution in [3.63, 3.8) is 0 Å². The zero-order valence-corrected chi connectivity index (χ0v) is 10.9. The highest BCUT2D eigenvalue weighted by atomic mass is 32.2. The van der Waals surface area contributed by atoms with Gasteiger partial charge in [-0.3, -0.25) is 0 Å². The first-order valence-corrected chi connectivity index (χ1v) is 6.72. The third-order valence-electron chi connectivity index (χ3n) is 2.37. The van der Waals surface area contributed by atoms with Crippen LogP contribution in [0.1, 0.15) is 11.1 Å². The Morgan fingerprint density at radius 2 is 1.94 bits per heavy atom. The summed E-state index contributed by atoms with van der Waals surface area (Å²) in [7, 11) is -3.99. The number of hydrogen-bond acceptors (Lipinski definition) is 3. The molecule has 4 nitrogen and oxygen atoms in total. The molecule has 7 heteroatoms. The number of halogens is 2. The van der Waals surface area contributed by atoms with Gasteiger partial charge in [0.1, 0.15) is 6.61 Å². The van der Waals surface area contributed by atoms with E-state index in [2.05, 4.69) is 0 Å². The van der Waals surface area contributed by atoms with Crippen molar-refractivity contribution in [3.8, 4) is 0 Å². The van der Waals surface area contributed by atoms with Gasteiger partial charge >= 0.3 is 0 Å². The second kappa shape index (κ2) is 5.29. The van der Waals surface area contributed by atoms with E-state index in [1.54, 1.807) is 30.7 Å². The smallest absolute Gasteiger partial charge is 0.283 e. The lowest BCUT2D eigenvalue weighted by atomic mass is 10.2. The molecule has 0 aliphatic rings. The van der Waals surface area contributed by atoms with Gasteiger partial charge in [0.2, 0.25) is 10.0 Å². The fraction of sp³-hybridized carbons (Fsp3) is 0.455. The normalized spacial score (nSPS) is 12.7. The maximum absolute atomic E-state index is 12.8. The van der Waals surface area contributed by atoms with E-state index in [9.17, 15) is 17.2 Å². The fourth-order valence-electron chi connectivity index (χ4n) is 1.44. The largest absolute Gasteiger partial charge is 0.390 e. The molecule has 0 spiro atoms. The van der Waals surface area contributed by atoms with Crippen molar-refractivity contribution in [2.24, 2.45) is 0 Å². The summed E-state index contributed by atoms with van der Waals surface area (Å²) in [5.74, 6) is -3.47. The summed E-state index contributed by atoms with van der Waals surface area (Å²) in [6.07, 6.45) is 0. The number of alkyl halides is 2. The minimum Gasteiger partial charge on any atom is -0.390 e. The van der Waals surface area contributed by atoms with Gasteiger partial charge in [-0.05, 0) is 25.5 Å². The number of rotatable bonds is 5. The molecule has 0 radical (unpaired) electrons. The number of aryl methyl sites for hydroxylation is 2. The molecule has 0 saturated heterocycles. The zero-order valence-electron chi connectivity index (χ0n) is 10.1. The van der Waals surface area contributed by atoms with E-state index in [1.165, 1.54) is 6.07 Å². The van der Waals surface area contributed by atoms with Crippen LogP contribution in [0.25, 0.3) is 0 Å². The van der Waals surface area contributed by atoms with Gasteiger partial charge in [-0.2, -0.15) is 0 Å². The van der Waals surface area contributed by atoms with Crippen LogP contribution in [0.5, 0.6) is 0 Å². The van der Waals surface area contributed by atoms with Crippen LogP contribution in [0.3, 0.4) is 0 Å². The standard InChI is InChI=1S/C11H15F2NO3S/c1-8-3-4-10(9(2)5-8)18(16,17)14-6-11(12,13)7-15/h3-5,14-15H,6-7H2,1-2H3. The van der Waals surface area contributed by atoms with Crippen LogP contribution in [0.15, 0.2) is 23.1 Å². The predicted molar refractivity (Wildman–Crippen MR) is 63.1 cm³/mol. The number of sulfonamides is 1. The van der Waals surface area contributed by atoms with Gasteiger partial charge in [0.15, 0.2) is 0 Å². The van der Waals surface area contributed by atoms with Crippen molar-refractivity contribution >= 4 is 10.0 Å². The van der Waals surface area contributed by atoms with Crippen LogP contribution in [-0.2, 0) is 10.0 Å².